The molecule has 1 saturated heterocycles. The van der Waals surface area contributed by atoms with Crippen molar-refractivity contribution in [3.05, 3.63) is 37.0 Å². The first-order valence-electron chi connectivity index (χ1n) is 23.0. The molecule has 27 nitrogen and oxygen atoms in total. The van der Waals surface area contributed by atoms with Crippen molar-refractivity contribution in [3.8, 4) is 0 Å². The number of Topliss-reactive ketones (excluding diaryl/α,β-unsaturated/α-hetero) is 1. The number of imidazole rings is 1. The summed E-state index contributed by atoms with van der Waals surface area (Å²) in [4.78, 5) is 101. The van der Waals surface area contributed by atoms with Crippen molar-refractivity contribution in [1.82, 2.24) is 30.2 Å². The summed E-state index contributed by atoms with van der Waals surface area (Å²) in [5.41, 5.74) is 4.23. The Hall–Kier alpha value is -3.37. The lowest BCUT2D eigenvalue weighted by Crippen LogP contribution is -2.46. The lowest BCUT2D eigenvalue weighted by Gasteiger charge is -2.30. The van der Waals surface area contributed by atoms with E-state index in [9.17, 15) is 72.9 Å². The number of ketones is 1. The van der Waals surface area contributed by atoms with E-state index >= 15 is 0 Å². The van der Waals surface area contributed by atoms with Crippen LogP contribution < -0.4 is 16.4 Å². The summed E-state index contributed by atoms with van der Waals surface area (Å²) >= 11 is 1.04. The number of nitrogens with zero attached hydrogens (tertiary/aromatic N) is 4. The third-order valence-electron chi connectivity index (χ3n) is 11.5. The maximum atomic E-state index is 12.8. The number of anilines is 1. The maximum absolute atomic E-state index is 12.8. The molecule has 0 aromatic carbocycles. The Balaban J connectivity index is 1.11. The Morgan fingerprint density at radius 2 is 1.72 bits per heavy atom. The molecule has 1 aliphatic carbocycles. The number of amides is 2. The van der Waals surface area contributed by atoms with Crippen LogP contribution in [0.3, 0.4) is 0 Å². The summed E-state index contributed by atoms with van der Waals surface area (Å²) in [6.45, 7) is 2.42. The minimum atomic E-state index is -5.60. The van der Waals surface area contributed by atoms with Crippen molar-refractivity contribution < 1.29 is 95.5 Å². The fourth-order valence-electron chi connectivity index (χ4n) is 7.58. The number of nitrogens with one attached hydrogen (secondary N) is 2. The highest BCUT2D eigenvalue weighted by molar-refractivity contribution is 8.13. The average Bonchev–Trinajstić information content (AvgIpc) is 3.94. The minimum Gasteiger partial charge on any atom is -0.392 e. The highest BCUT2D eigenvalue weighted by Crippen LogP contribution is 2.61. The molecular weight excluding hydrogens is 1040 g/mol. The lowest BCUT2D eigenvalue weighted by molar-refractivity contribution is -0.137. The molecule has 2 aromatic heterocycles. The maximum Gasteiger partial charge on any atom is 0.481 e. The molecule has 0 bridgehead atoms. The van der Waals surface area contributed by atoms with Gasteiger partial charge in [-0.15, -0.1) is 0 Å². The van der Waals surface area contributed by atoms with E-state index in [0.29, 0.717) is 25.7 Å². The van der Waals surface area contributed by atoms with Gasteiger partial charge in [0.2, 0.25) is 11.8 Å². The molecule has 12 N–H and O–H groups in total. The van der Waals surface area contributed by atoms with Gasteiger partial charge in [-0.2, -0.15) is 4.31 Å². The smallest absolute Gasteiger partial charge is 0.392 e. The van der Waals surface area contributed by atoms with E-state index in [1.54, 1.807) is 12.2 Å². The van der Waals surface area contributed by atoms with Gasteiger partial charge in [0.25, 0.3) is 0 Å². The Bertz CT molecular complexity index is 2350. The van der Waals surface area contributed by atoms with E-state index in [4.69, 9.17) is 19.5 Å². The Morgan fingerprint density at radius 1 is 1.00 bits per heavy atom. The van der Waals surface area contributed by atoms with Gasteiger partial charge in [-0.25, -0.2) is 28.6 Å². The molecule has 0 spiro atoms. The van der Waals surface area contributed by atoms with Crippen molar-refractivity contribution >= 4 is 74.9 Å². The van der Waals surface area contributed by atoms with Gasteiger partial charge in [-0.05, 0) is 25.7 Å². The molecule has 0 radical (unpaired) electrons. The number of nitrogens with two attached hydrogens (primary N) is 1. The van der Waals surface area contributed by atoms with Crippen LogP contribution >= 0.6 is 35.2 Å². The fourth-order valence-corrected chi connectivity index (χ4v) is 11.1. The quantitative estimate of drug-likeness (QED) is 0.0291. The molecule has 2 fully saturated rings. The standard InChI is InChI=1S/C41H66N7O20P3S/c1-4-5-8-11-25(49)14-15-27-26(28(50)20-29(27)51)12-9-6-7-10-13-32(53)72-19-18-43-31(52)16-17-44-39(56)36(55)41(2,3)22-65-71(62,63)68-70(60,61)64-21-30-35(67-69(57,58)59)34(54)40(66-30)48-24-47-33-37(42)45-23-46-38(33)48/h6,9,14-15,23-27,29-30,34-36,40,49,51,54-55H,4-5,7-8,10-13,16-22H2,1-3H3,(H,43,52)(H,44,56)(H,60,61)(H,62,63)(H2,42,45,46)(H2,57,58,59). The number of carbonyl (C=O) groups is 4. The number of carbonyl (C=O) groups excluding carboxylic acids is 4. The van der Waals surface area contributed by atoms with Gasteiger partial charge in [-0.3, -0.25) is 37.3 Å². The van der Waals surface area contributed by atoms with Gasteiger partial charge in [0.15, 0.2) is 22.8 Å². The van der Waals surface area contributed by atoms with Crippen LogP contribution in [0, 0.1) is 17.3 Å². The predicted octanol–water partition coefficient (Wildman–Crippen LogP) is 1.84. The van der Waals surface area contributed by atoms with E-state index < -0.39 is 96.8 Å². The van der Waals surface area contributed by atoms with E-state index in [2.05, 4.69) is 41.3 Å². The third-order valence-corrected chi connectivity index (χ3v) is 15.5. The van der Waals surface area contributed by atoms with Crippen molar-refractivity contribution in [2.24, 2.45) is 17.3 Å². The topological polar surface area (TPSA) is 421 Å². The molecule has 11 unspecified atom stereocenters. The molecule has 2 aromatic rings. The molecule has 1 aliphatic heterocycles. The SMILES string of the molecule is CCCCCC(O)C=CC1C(O)CC(=O)C1CC=CCCCC(=O)SCCNC(=O)CCNC(=O)C(O)C(C)(C)COP(=O)(O)OP(=O)(O)OCC1OC(n2cnc3c(N)ncnc32)C(O)C1OP(=O)(O)O. The van der Waals surface area contributed by atoms with E-state index in [1.165, 1.54) is 13.8 Å². The number of aliphatic hydroxyl groups is 4. The van der Waals surface area contributed by atoms with Gasteiger partial charge >= 0.3 is 23.5 Å². The predicted molar refractivity (Wildman–Crippen MR) is 257 cm³/mol. The van der Waals surface area contributed by atoms with Crippen LogP contribution in [0.4, 0.5) is 5.82 Å². The van der Waals surface area contributed by atoms with Crippen molar-refractivity contribution in [2.75, 3.05) is 37.8 Å². The van der Waals surface area contributed by atoms with Crippen molar-refractivity contribution in [2.45, 2.75) is 128 Å². The molecule has 4 rings (SSSR count). The number of hydrogen-bond acceptors (Lipinski definition) is 21. The molecule has 11 atom stereocenters. The lowest BCUT2D eigenvalue weighted by atomic mass is 9.87. The van der Waals surface area contributed by atoms with Crippen LogP contribution in [0.2, 0.25) is 0 Å². The Kier molecular flexibility index (Phi) is 23.8. The monoisotopic (exact) mass is 1100 g/mol. The second-order valence-corrected chi connectivity index (χ2v) is 23.1. The normalized spacial score (nSPS) is 24.4. The number of thioether (sulfide) groups is 1. The van der Waals surface area contributed by atoms with Crippen LogP contribution in [-0.2, 0) is 55.5 Å². The first-order valence-corrected chi connectivity index (χ1v) is 28.5. The molecule has 2 amide bonds. The highest BCUT2D eigenvalue weighted by atomic mass is 32.2. The number of aromatic nitrogens is 4. The van der Waals surface area contributed by atoms with Gasteiger partial charge in [-0.1, -0.05) is 76.1 Å². The van der Waals surface area contributed by atoms with Crippen LogP contribution in [0.15, 0.2) is 37.0 Å². The zero-order valence-corrected chi connectivity index (χ0v) is 43.4. The first kappa shape index (κ1) is 61.2. The number of phosphoric ester groups is 3. The number of nitrogen functional groups attached to an aromatic ring is 1. The summed E-state index contributed by atoms with van der Waals surface area (Å²) < 4.78 is 62.4. The number of ether oxygens (including phenoxy) is 1. The largest absolute Gasteiger partial charge is 0.481 e. The van der Waals surface area contributed by atoms with Gasteiger partial charge < -0.3 is 61.1 Å². The zero-order chi connectivity index (χ0) is 53.4. The van der Waals surface area contributed by atoms with Crippen LogP contribution in [0.25, 0.3) is 11.2 Å². The zero-order valence-electron chi connectivity index (χ0n) is 39.9. The fraction of sp³-hybridized carbons (Fsp3) is 0.683. The number of phosphoric acid groups is 3. The number of hydrogen-bond donors (Lipinski definition) is 11. The summed E-state index contributed by atoms with van der Waals surface area (Å²) in [6, 6.07) is 0. The summed E-state index contributed by atoms with van der Waals surface area (Å²) in [6.07, 6.45) is 4.33. The summed E-state index contributed by atoms with van der Waals surface area (Å²) in [5, 5.41) is 47.1. The number of aliphatic hydroxyl groups excluding tert-OH is 4. The second kappa shape index (κ2) is 28.0. The molecular formula is C41H66N7O20P3S. The molecule has 72 heavy (non-hydrogen) atoms. The number of fused-ring (bicyclic) bond motifs is 1. The van der Waals surface area contributed by atoms with Crippen LogP contribution in [-0.4, -0.2) is 151 Å². The summed E-state index contributed by atoms with van der Waals surface area (Å²) in [7, 11) is -16.5. The number of allylic oxidation sites excluding steroid dienone is 2. The Morgan fingerprint density at radius 3 is 2.43 bits per heavy atom. The number of rotatable bonds is 31. The molecule has 1 saturated carbocycles. The number of unbranched alkanes of at least 4 members (excludes halogenated alkanes) is 3. The summed E-state index contributed by atoms with van der Waals surface area (Å²) in [5.74, 6) is -1.99. The van der Waals surface area contributed by atoms with Crippen molar-refractivity contribution in [1.29, 1.82) is 0 Å². The van der Waals surface area contributed by atoms with Gasteiger partial charge in [0, 0.05) is 55.4 Å². The van der Waals surface area contributed by atoms with Crippen molar-refractivity contribution in [3.63, 3.8) is 0 Å². The van der Waals surface area contributed by atoms with E-state index in [0.717, 1.165) is 48.2 Å². The highest BCUT2D eigenvalue weighted by Gasteiger charge is 2.50. The van der Waals surface area contributed by atoms with Crippen LogP contribution in [0.5, 0.6) is 0 Å². The molecule has 2 aliphatic rings. The third kappa shape index (κ3) is 19.4. The molecule has 3 heterocycles. The van der Waals surface area contributed by atoms with Gasteiger partial charge in [0.1, 0.15) is 42.0 Å². The molecule has 406 valence electrons. The Labute approximate surface area is 419 Å². The van der Waals surface area contributed by atoms with E-state index in [-0.39, 0.29) is 77.8 Å². The van der Waals surface area contributed by atoms with Crippen LogP contribution in [0.1, 0.15) is 91.2 Å². The second-order valence-electron chi connectivity index (χ2n) is 17.8. The minimum absolute atomic E-state index is 0.0207. The van der Waals surface area contributed by atoms with Gasteiger partial charge in [0.05, 0.1) is 31.7 Å². The average molecular weight is 1100 g/mol. The molecule has 31 heteroatoms. The van der Waals surface area contributed by atoms with E-state index in [1.807, 2.05) is 12.2 Å². The first-order chi connectivity index (χ1) is 33.7.